The van der Waals surface area contributed by atoms with Gasteiger partial charge in [-0.25, -0.2) is 0 Å². The molecular weight excluding hydrogens is 201 g/mol. The van der Waals surface area contributed by atoms with Crippen LogP contribution >= 0.6 is 0 Å². The van der Waals surface area contributed by atoms with Crippen LogP contribution in [0.2, 0.25) is 5.31 Å². The fourth-order valence-electron chi connectivity index (χ4n) is 1.38. The van der Waals surface area contributed by atoms with Gasteiger partial charge in [-0.05, 0) is 32.2 Å². The molecule has 0 rings (SSSR count). The minimum atomic E-state index is -1.12. The Bertz CT molecular complexity index is 260. The summed E-state index contributed by atoms with van der Waals surface area (Å²) in [5.74, 6) is 0. The summed E-state index contributed by atoms with van der Waals surface area (Å²) in [6, 6.07) is 0. The summed E-state index contributed by atoms with van der Waals surface area (Å²) in [7, 11) is 5.90. The van der Waals surface area contributed by atoms with Crippen LogP contribution < -0.4 is 5.32 Å². The lowest BCUT2D eigenvalue weighted by atomic mass is 9.66. The van der Waals surface area contributed by atoms with Crippen molar-refractivity contribution in [1.82, 2.24) is 5.32 Å². The maximum Gasteiger partial charge on any atom is 0.132 e. The summed E-state index contributed by atoms with van der Waals surface area (Å²) >= 11 is 0. The molecule has 90 valence electrons. The monoisotopic (exact) mass is 223 g/mol. The zero-order valence-electron chi connectivity index (χ0n) is 10.6. The third-order valence-corrected chi connectivity index (χ3v) is 2.39. The Labute approximate surface area is 99.7 Å². The third kappa shape index (κ3) is 5.49. The second-order valence-electron chi connectivity index (χ2n) is 4.41. The van der Waals surface area contributed by atoms with Gasteiger partial charge in [-0.1, -0.05) is 25.2 Å². The van der Waals surface area contributed by atoms with Crippen molar-refractivity contribution < 1.29 is 10.2 Å². The molecule has 4 heteroatoms. The summed E-state index contributed by atoms with van der Waals surface area (Å²) in [6.07, 6.45) is 6.13. The average Bonchev–Trinajstić information content (AvgIpc) is 2.14. The van der Waals surface area contributed by atoms with Crippen molar-refractivity contribution in [2.24, 2.45) is 0 Å². The predicted molar refractivity (Wildman–Crippen MR) is 68.4 cm³/mol. The van der Waals surface area contributed by atoms with E-state index in [9.17, 15) is 10.2 Å². The van der Waals surface area contributed by atoms with Crippen LogP contribution in [0.1, 0.15) is 27.7 Å². The van der Waals surface area contributed by atoms with Crippen LogP contribution in [0.3, 0.4) is 0 Å². The van der Waals surface area contributed by atoms with Gasteiger partial charge in [-0.3, -0.25) is 5.32 Å². The molecule has 3 N–H and O–H groups in total. The number of hydrogen-bond acceptors (Lipinski definition) is 3. The number of hydrogen-bond donors (Lipinski definition) is 3. The fourth-order valence-corrected chi connectivity index (χ4v) is 1.38. The molecule has 3 atom stereocenters. The van der Waals surface area contributed by atoms with E-state index < -0.39 is 17.1 Å². The lowest BCUT2D eigenvalue weighted by molar-refractivity contribution is 0.0482. The van der Waals surface area contributed by atoms with Gasteiger partial charge in [0.05, 0.1) is 14.0 Å². The molecule has 3 nitrogen and oxygen atoms in total. The highest BCUT2D eigenvalue weighted by atomic mass is 16.3. The van der Waals surface area contributed by atoms with Gasteiger partial charge < -0.3 is 10.2 Å². The van der Waals surface area contributed by atoms with Crippen molar-refractivity contribution in [1.29, 1.82) is 0 Å². The fraction of sp³-hybridized carbons (Fsp3) is 0.667. The van der Waals surface area contributed by atoms with Gasteiger partial charge in [-0.15, -0.1) is 0 Å². The molecule has 0 saturated heterocycles. The molecule has 0 heterocycles. The van der Waals surface area contributed by atoms with Gasteiger partial charge >= 0.3 is 0 Å². The first kappa shape index (κ1) is 15.4. The van der Waals surface area contributed by atoms with Crippen molar-refractivity contribution in [3.63, 3.8) is 0 Å². The highest BCUT2D eigenvalue weighted by Crippen LogP contribution is 2.27. The van der Waals surface area contributed by atoms with Crippen LogP contribution in [0.5, 0.6) is 0 Å². The van der Waals surface area contributed by atoms with Crippen LogP contribution in [-0.2, 0) is 0 Å². The molecule has 0 aromatic carbocycles. The molecule has 0 fully saturated rings. The SMILES string of the molecule is [B]C(C)(C=CC)C(O)CNC(C)(O)C=CC. The Hall–Kier alpha value is -0.575. The Morgan fingerprint density at radius 1 is 1.25 bits per heavy atom. The lowest BCUT2D eigenvalue weighted by Crippen LogP contribution is -2.46. The summed E-state index contributed by atoms with van der Waals surface area (Å²) in [6.45, 7) is 7.24. The van der Waals surface area contributed by atoms with E-state index in [1.807, 2.05) is 13.8 Å². The van der Waals surface area contributed by atoms with Gasteiger partial charge in [0.25, 0.3) is 0 Å². The number of aliphatic hydroxyl groups is 2. The summed E-state index contributed by atoms with van der Waals surface area (Å²) in [5.41, 5.74) is -1.12. The molecule has 3 unspecified atom stereocenters. The summed E-state index contributed by atoms with van der Waals surface area (Å²) in [5, 5.41) is 21.7. The molecule has 0 bridgehead atoms. The molecule has 0 aliphatic heterocycles. The highest BCUT2D eigenvalue weighted by molar-refractivity contribution is 6.16. The number of rotatable bonds is 6. The first-order valence-corrected chi connectivity index (χ1v) is 5.47. The van der Waals surface area contributed by atoms with Gasteiger partial charge in [0.1, 0.15) is 5.72 Å². The van der Waals surface area contributed by atoms with E-state index in [1.54, 1.807) is 38.2 Å². The predicted octanol–water partition coefficient (Wildman–Crippen LogP) is 1.14. The van der Waals surface area contributed by atoms with Crippen molar-refractivity contribution in [2.45, 2.75) is 44.8 Å². The molecule has 16 heavy (non-hydrogen) atoms. The van der Waals surface area contributed by atoms with E-state index in [2.05, 4.69) is 5.32 Å². The van der Waals surface area contributed by atoms with E-state index in [1.165, 1.54) is 0 Å². The van der Waals surface area contributed by atoms with Crippen LogP contribution in [0.25, 0.3) is 0 Å². The number of aliphatic hydroxyl groups excluding tert-OH is 1. The van der Waals surface area contributed by atoms with Crippen molar-refractivity contribution in [2.75, 3.05) is 6.54 Å². The molecule has 0 aromatic rings. The Morgan fingerprint density at radius 2 is 1.75 bits per heavy atom. The molecule has 0 saturated carbocycles. The zero-order chi connectivity index (χ0) is 12.8. The quantitative estimate of drug-likeness (QED) is 0.359. The standard InChI is InChI=1S/C12H22BNO2/c1-5-7-11(3,13)10(15)9-14-12(4,16)8-6-2/h5-8,10,14-16H,9H2,1-4H3. The van der Waals surface area contributed by atoms with E-state index in [0.717, 1.165) is 0 Å². The second kappa shape index (κ2) is 6.23. The van der Waals surface area contributed by atoms with E-state index >= 15 is 0 Å². The van der Waals surface area contributed by atoms with Gasteiger partial charge in [0, 0.05) is 6.54 Å². The molecular formula is C12H22BNO2. The van der Waals surface area contributed by atoms with Crippen molar-refractivity contribution in [3.8, 4) is 0 Å². The van der Waals surface area contributed by atoms with E-state index in [4.69, 9.17) is 7.85 Å². The van der Waals surface area contributed by atoms with Gasteiger partial charge in [-0.2, -0.15) is 0 Å². The minimum Gasteiger partial charge on any atom is -0.392 e. The van der Waals surface area contributed by atoms with E-state index in [0.29, 0.717) is 0 Å². The molecule has 0 spiro atoms. The normalized spacial score (nSPS) is 22.1. The second-order valence-corrected chi connectivity index (χ2v) is 4.41. The lowest BCUT2D eigenvalue weighted by Gasteiger charge is -2.31. The van der Waals surface area contributed by atoms with Crippen molar-refractivity contribution >= 4 is 7.85 Å². The van der Waals surface area contributed by atoms with E-state index in [-0.39, 0.29) is 6.54 Å². The Kier molecular flexibility index (Phi) is 6.01. The maximum absolute atomic E-state index is 9.87. The van der Waals surface area contributed by atoms with Gasteiger partial charge in [0.2, 0.25) is 0 Å². The topological polar surface area (TPSA) is 52.5 Å². The zero-order valence-corrected chi connectivity index (χ0v) is 10.6. The molecule has 0 aromatic heterocycles. The Balaban J connectivity index is 4.32. The summed E-state index contributed by atoms with van der Waals surface area (Å²) < 4.78 is 0. The third-order valence-electron chi connectivity index (χ3n) is 2.39. The molecule has 0 amide bonds. The smallest absolute Gasteiger partial charge is 0.132 e. The van der Waals surface area contributed by atoms with Gasteiger partial charge in [0.15, 0.2) is 0 Å². The average molecular weight is 223 g/mol. The first-order chi connectivity index (χ1) is 7.25. The number of allylic oxidation sites excluding steroid dienone is 2. The first-order valence-electron chi connectivity index (χ1n) is 5.47. The molecule has 2 radical (unpaired) electrons. The largest absolute Gasteiger partial charge is 0.392 e. The maximum atomic E-state index is 9.87. The molecule has 0 aliphatic rings. The van der Waals surface area contributed by atoms with Crippen molar-refractivity contribution in [3.05, 3.63) is 24.3 Å². The summed E-state index contributed by atoms with van der Waals surface area (Å²) in [4.78, 5) is 0. The minimum absolute atomic E-state index is 0.217. The van der Waals surface area contributed by atoms with Crippen LogP contribution in [0.15, 0.2) is 24.3 Å². The Morgan fingerprint density at radius 3 is 2.19 bits per heavy atom. The van der Waals surface area contributed by atoms with Crippen LogP contribution in [0, 0.1) is 0 Å². The van der Waals surface area contributed by atoms with Crippen LogP contribution in [-0.4, -0.2) is 36.4 Å². The van der Waals surface area contributed by atoms with Crippen LogP contribution in [0.4, 0.5) is 0 Å². The number of nitrogens with one attached hydrogen (secondary N) is 1. The highest BCUT2D eigenvalue weighted by Gasteiger charge is 2.26. The molecule has 0 aliphatic carbocycles.